The summed E-state index contributed by atoms with van der Waals surface area (Å²) in [5.74, 6) is -0.859. The number of unbranched alkanes of at least 4 members (excludes halogenated alkanes) is 47. The van der Waals surface area contributed by atoms with E-state index in [2.05, 4.69) is 69.4 Å². The van der Waals surface area contributed by atoms with Crippen molar-refractivity contribution in [2.24, 2.45) is 0 Å². The highest BCUT2D eigenvalue weighted by Gasteiger charge is 2.19. The maximum absolute atomic E-state index is 12.9. The third-order valence-electron chi connectivity index (χ3n) is 16.1. The van der Waals surface area contributed by atoms with Crippen LogP contribution in [0.4, 0.5) is 0 Å². The van der Waals surface area contributed by atoms with E-state index in [4.69, 9.17) is 14.2 Å². The van der Waals surface area contributed by atoms with Gasteiger partial charge in [-0.3, -0.25) is 14.4 Å². The topological polar surface area (TPSA) is 78.9 Å². The quantitative estimate of drug-likeness (QED) is 0.0261. The van der Waals surface area contributed by atoms with Crippen molar-refractivity contribution in [3.05, 3.63) is 48.6 Å². The molecule has 0 saturated heterocycles. The van der Waals surface area contributed by atoms with Gasteiger partial charge in [0.1, 0.15) is 13.2 Å². The molecule has 0 N–H and O–H groups in total. The molecule has 0 fully saturated rings. The molecule has 0 amide bonds. The molecule has 6 heteroatoms. The summed E-state index contributed by atoms with van der Waals surface area (Å²) in [5.41, 5.74) is 0. The number of carbonyl (C=O) groups excluding carboxylic acids is 3. The Morgan fingerprint density at radius 1 is 0.263 bits per heavy atom. The lowest BCUT2D eigenvalue weighted by atomic mass is 10.0. The first-order valence-electron chi connectivity index (χ1n) is 35.6. The van der Waals surface area contributed by atoms with Gasteiger partial charge in [-0.2, -0.15) is 0 Å². The Bertz CT molecular complexity index is 1380. The first-order chi connectivity index (χ1) is 39.5. The Balaban J connectivity index is 3.92. The number of ether oxygens (including phenoxy) is 3. The summed E-state index contributed by atoms with van der Waals surface area (Å²) in [6.45, 7) is 6.51. The fraction of sp³-hybridized carbons (Fsp3) is 0.851. The third-order valence-corrected chi connectivity index (χ3v) is 16.1. The molecule has 0 aromatic heterocycles. The monoisotopic (exact) mass is 1120 g/mol. The van der Waals surface area contributed by atoms with Gasteiger partial charge in [-0.15, -0.1) is 0 Å². The van der Waals surface area contributed by atoms with E-state index in [1.165, 1.54) is 257 Å². The van der Waals surface area contributed by atoms with Crippen LogP contribution in [0.3, 0.4) is 0 Å². The van der Waals surface area contributed by atoms with Crippen LogP contribution in [0.1, 0.15) is 387 Å². The minimum absolute atomic E-state index is 0.0683. The molecule has 0 spiro atoms. The van der Waals surface area contributed by atoms with Crippen LogP contribution < -0.4 is 0 Å². The second-order valence-electron chi connectivity index (χ2n) is 24.1. The van der Waals surface area contributed by atoms with Crippen molar-refractivity contribution < 1.29 is 28.6 Å². The van der Waals surface area contributed by atoms with E-state index >= 15 is 0 Å². The number of allylic oxidation sites excluding steroid dienone is 8. The van der Waals surface area contributed by atoms with Gasteiger partial charge >= 0.3 is 17.9 Å². The molecule has 0 aliphatic rings. The zero-order chi connectivity index (χ0) is 57.8. The summed E-state index contributed by atoms with van der Waals surface area (Å²) in [6.07, 6.45) is 87.8. The molecule has 0 aliphatic carbocycles. The zero-order valence-electron chi connectivity index (χ0n) is 53.9. The van der Waals surface area contributed by atoms with Crippen molar-refractivity contribution in [3.63, 3.8) is 0 Å². The fourth-order valence-electron chi connectivity index (χ4n) is 10.8. The summed E-state index contributed by atoms with van der Waals surface area (Å²) < 4.78 is 16.8. The van der Waals surface area contributed by atoms with Crippen molar-refractivity contribution in [2.45, 2.75) is 393 Å². The average Bonchev–Trinajstić information content (AvgIpc) is 3.46. The van der Waals surface area contributed by atoms with Gasteiger partial charge in [0.15, 0.2) is 6.10 Å². The van der Waals surface area contributed by atoms with Crippen LogP contribution in [-0.2, 0) is 28.6 Å². The van der Waals surface area contributed by atoms with E-state index in [1.54, 1.807) is 0 Å². The number of hydrogen-bond acceptors (Lipinski definition) is 6. The Labute approximate surface area is 498 Å². The van der Waals surface area contributed by atoms with Crippen LogP contribution in [-0.4, -0.2) is 37.2 Å². The highest BCUT2D eigenvalue weighted by molar-refractivity contribution is 5.71. The standard InChI is InChI=1S/C74H136O6/c1-4-7-10-13-15-17-19-21-23-25-27-29-31-33-35-36-37-39-40-42-44-46-48-50-52-54-56-58-61-64-67-73(76)79-70-71(69-78-72(75)66-63-60-12-9-6-3)80-74(77)68-65-62-59-57-55-53-51-49-47-45-43-41-38-34-32-30-28-26-24-22-20-18-16-14-11-8-5-2/h8,11,16,18,22,24,28,30,71H,4-7,9-10,12-15,17,19-21,23,25-27,29,31-70H2,1-3H3/b11-8-,18-16-,24-22-,30-28-. The molecule has 0 saturated carbocycles. The van der Waals surface area contributed by atoms with Gasteiger partial charge in [-0.05, 0) is 57.8 Å². The maximum Gasteiger partial charge on any atom is 0.306 e. The lowest BCUT2D eigenvalue weighted by Crippen LogP contribution is -2.30. The Morgan fingerprint density at radius 3 is 0.762 bits per heavy atom. The molecule has 0 bridgehead atoms. The molecule has 468 valence electrons. The van der Waals surface area contributed by atoms with Crippen LogP contribution in [0.25, 0.3) is 0 Å². The summed E-state index contributed by atoms with van der Waals surface area (Å²) in [4.78, 5) is 38.0. The third kappa shape index (κ3) is 66.2. The van der Waals surface area contributed by atoms with E-state index in [0.717, 1.165) is 89.9 Å². The molecule has 1 atom stereocenters. The van der Waals surface area contributed by atoms with Gasteiger partial charge in [-0.1, -0.05) is 358 Å². The van der Waals surface area contributed by atoms with Crippen molar-refractivity contribution >= 4 is 17.9 Å². The predicted molar refractivity (Wildman–Crippen MR) is 349 cm³/mol. The van der Waals surface area contributed by atoms with Crippen molar-refractivity contribution in [3.8, 4) is 0 Å². The Hall–Kier alpha value is -2.63. The molecule has 0 heterocycles. The van der Waals surface area contributed by atoms with E-state index in [1.807, 2.05) is 0 Å². The minimum atomic E-state index is -0.768. The van der Waals surface area contributed by atoms with Crippen molar-refractivity contribution in [1.29, 1.82) is 0 Å². The maximum atomic E-state index is 12.9. The molecular formula is C74H136O6. The smallest absolute Gasteiger partial charge is 0.306 e. The van der Waals surface area contributed by atoms with Crippen LogP contribution in [0, 0.1) is 0 Å². The highest BCUT2D eigenvalue weighted by Crippen LogP contribution is 2.19. The first-order valence-corrected chi connectivity index (χ1v) is 35.6. The minimum Gasteiger partial charge on any atom is -0.462 e. The lowest BCUT2D eigenvalue weighted by Gasteiger charge is -2.18. The van der Waals surface area contributed by atoms with Crippen LogP contribution in [0.2, 0.25) is 0 Å². The second kappa shape index (κ2) is 68.9. The largest absolute Gasteiger partial charge is 0.462 e. The Kier molecular flexibility index (Phi) is 66.6. The van der Waals surface area contributed by atoms with E-state index in [9.17, 15) is 14.4 Å². The summed E-state index contributed by atoms with van der Waals surface area (Å²) >= 11 is 0. The second-order valence-corrected chi connectivity index (χ2v) is 24.1. The zero-order valence-corrected chi connectivity index (χ0v) is 53.9. The number of esters is 3. The average molecular weight is 1120 g/mol. The summed E-state index contributed by atoms with van der Waals surface area (Å²) in [5, 5.41) is 0. The molecule has 6 nitrogen and oxygen atoms in total. The lowest BCUT2D eigenvalue weighted by molar-refractivity contribution is -0.167. The van der Waals surface area contributed by atoms with Gasteiger partial charge in [0.2, 0.25) is 0 Å². The summed E-state index contributed by atoms with van der Waals surface area (Å²) in [6, 6.07) is 0. The van der Waals surface area contributed by atoms with E-state index in [0.29, 0.717) is 19.3 Å². The number of carbonyl (C=O) groups is 3. The SMILES string of the molecule is CC/C=C\C/C=C\C/C=C\C/C=C\CCCCCCCCCCCCCCCCC(=O)OC(COC(=O)CCCCCCC)COC(=O)CCCCCCCCCCCCCCCCCCCCCCCCCCCCCCCC. The molecule has 0 aromatic carbocycles. The molecule has 0 radical (unpaired) electrons. The van der Waals surface area contributed by atoms with E-state index in [-0.39, 0.29) is 31.1 Å². The molecule has 80 heavy (non-hydrogen) atoms. The number of rotatable bonds is 66. The van der Waals surface area contributed by atoms with Gasteiger partial charge in [0.25, 0.3) is 0 Å². The van der Waals surface area contributed by atoms with Crippen LogP contribution in [0.5, 0.6) is 0 Å². The van der Waals surface area contributed by atoms with Crippen LogP contribution >= 0.6 is 0 Å². The molecule has 0 aliphatic heterocycles. The van der Waals surface area contributed by atoms with Gasteiger partial charge in [0.05, 0.1) is 0 Å². The van der Waals surface area contributed by atoms with Gasteiger partial charge in [0, 0.05) is 19.3 Å². The Morgan fingerprint density at radius 2 is 0.487 bits per heavy atom. The predicted octanol–water partition coefficient (Wildman–Crippen LogP) is 24.5. The van der Waals surface area contributed by atoms with Crippen molar-refractivity contribution in [2.75, 3.05) is 13.2 Å². The highest BCUT2D eigenvalue weighted by atomic mass is 16.6. The molecule has 0 aromatic rings. The normalized spacial score (nSPS) is 12.3. The molecule has 1 unspecified atom stereocenters. The molecule has 0 rings (SSSR count). The van der Waals surface area contributed by atoms with Crippen molar-refractivity contribution in [1.82, 2.24) is 0 Å². The molecular weight excluding hydrogens is 985 g/mol. The van der Waals surface area contributed by atoms with E-state index < -0.39 is 6.10 Å². The summed E-state index contributed by atoms with van der Waals surface area (Å²) in [7, 11) is 0. The number of hydrogen-bond donors (Lipinski definition) is 0. The van der Waals surface area contributed by atoms with Gasteiger partial charge < -0.3 is 14.2 Å². The first kappa shape index (κ1) is 77.4. The van der Waals surface area contributed by atoms with Crippen LogP contribution in [0.15, 0.2) is 48.6 Å². The van der Waals surface area contributed by atoms with Gasteiger partial charge in [-0.25, -0.2) is 0 Å². The fourth-order valence-corrected chi connectivity index (χ4v) is 10.8.